The van der Waals surface area contributed by atoms with Gasteiger partial charge in [-0.2, -0.15) is 0 Å². The Morgan fingerprint density at radius 3 is 2.29 bits per heavy atom. The number of nitro groups is 1. The van der Waals surface area contributed by atoms with Crippen LogP contribution in [-0.2, 0) is 9.47 Å². The standard InChI is InChI=1S/C26H20N2O6/c1-33-25(29)18-13-12-17(24(15-18)28(31)32)7-6-14-27-26(30)34-16-23-21-10-4-2-8-19(21)20-9-3-5-11-22(20)23/h2-5,8-13,15,23H,14,16H2,1H3,(H,27,30). The molecule has 0 aliphatic heterocycles. The van der Waals surface area contributed by atoms with Gasteiger partial charge < -0.3 is 14.8 Å². The zero-order valence-electron chi connectivity index (χ0n) is 18.2. The second kappa shape index (κ2) is 9.88. The highest BCUT2D eigenvalue weighted by atomic mass is 16.6. The quantitative estimate of drug-likeness (QED) is 0.266. The van der Waals surface area contributed by atoms with Crippen molar-refractivity contribution >= 4 is 17.7 Å². The lowest BCUT2D eigenvalue weighted by molar-refractivity contribution is -0.385. The second-order valence-corrected chi connectivity index (χ2v) is 7.46. The Labute approximate surface area is 195 Å². The number of ether oxygens (including phenoxy) is 2. The lowest BCUT2D eigenvalue weighted by Crippen LogP contribution is -2.26. The van der Waals surface area contributed by atoms with Gasteiger partial charge in [0.1, 0.15) is 12.2 Å². The van der Waals surface area contributed by atoms with Gasteiger partial charge in [0, 0.05) is 12.0 Å². The van der Waals surface area contributed by atoms with Crippen LogP contribution in [0, 0.1) is 22.0 Å². The normalized spacial score (nSPS) is 11.4. The fourth-order valence-electron chi connectivity index (χ4n) is 3.94. The van der Waals surface area contributed by atoms with Gasteiger partial charge in [0.05, 0.1) is 24.1 Å². The highest BCUT2D eigenvalue weighted by Gasteiger charge is 2.28. The van der Waals surface area contributed by atoms with Crippen molar-refractivity contribution in [3.05, 3.63) is 99.1 Å². The van der Waals surface area contributed by atoms with E-state index in [4.69, 9.17) is 4.74 Å². The van der Waals surface area contributed by atoms with Crippen molar-refractivity contribution in [1.82, 2.24) is 5.32 Å². The minimum Gasteiger partial charge on any atom is -0.465 e. The van der Waals surface area contributed by atoms with E-state index in [1.165, 1.54) is 19.2 Å². The van der Waals surface area contributed by atoms with Crippen LogP contribution in [0.3, 0.4) is 0 Å². The van der Waals surface area contributed by atoms with E-state index in [9.17, 15) is 19.7 Å². The molecule has 0 spiro atoms. The first kappa shape index (κ1) is 22.6. The number of nitrogens with one attached hydrogen (secondary N) is 1. The first-order chi connectivity index (χ1) is 16.5. The zero-order chi connectivity index (χ0) is 24.1. The lowest BCUT2D eigenvalue weighted by Gasteiger charge is -2.14. The molecule has 8 nitrogen and oxygen atoms in total. The van der Waals surface area contributed by atoms with Crippen molar-refractivity contribution in [3.63, 3.8) is 0 Å². The van der Waals surface area contributed by atoms with Crippen LogP contribution in [0.25, 0.3) is 11.1 Å². The Kier molecular flexibility index (Phi) is 6.55. The summed E-state index contributed by atoms with van der Waals surface area (Å²) >= 11 is 0. The number of hydrogen-bond acceptors (Lipinski definition) is 6. The molecule has 170 valence electrons. The van der Waals surface area contributed by atoms with Crippen LogP contribution in [0.5, 0.6) is 0 Å². The van der Waals surface area contributed by atoms with Gasteiger partial charge in [-0.3, -0.25) is 10.1 Å². The van der Waals surface area contributed by atoms with Crippen molar-refractivity contribution in [2.24, 2.45) is 0 Å². The number of amides is 1. The van der Waals surface area contributed by atoms with Gasteiger partial charge in [-0.1, -0.05) is 60.4 Å². The number of fused-ring (bicyclic) bond motifs is 3. The molecule has 0 heterocycles. The molecule has 0 saturated carbocycles. The molecule has 3 aromatic carbocycles. The molecule has 0 unspecified atom stereocenters. The third kappa shape index (κ3) is 4.59. The third-order valence-corrected chi connectivity index (χ3v) is 5.50. The second-order valence-electron chi connectivity index (χ2n) is 7.46. The van der Waals surface area contributed by atoms with Gasteiger partial charge in [-0.15, -0.1) is 0 Å². The summed E-state index contributed by atoms with van der Waals surface area (Å²) in [4.78, 5) is 34.5. The topological polar surface area (TPSA) is 108 Å². The summed E-state index contributed by atoms with van der Waals surface area (Å²) in [6.45, 7) is 0.111. The molecule has 1 N–H and O–H groups in total. The maximum Gasteiger partial charge on any atom is 0.407 e. The minimum absolute atomic E-state index is 0.0523. The molecule has 8 heteroatoms. The number of esters is 1. The molecule has 0 fully saturated rings. The average Bonchev–Trinajstić information content (AvgIpc) is 3.18. The lowest BCUT2D eigenvalue weighted by atomic mass is 9.98. The molecule has 3 aromatic rings. The first-order valence-corrected chi connectivity index (χ1v) is 10.4. The predicted octanol–water partition coefficient (Wildman–Crippen LogP) is 4.27. The number of alkyl carbamates (subject to hydrolysis) is 1. The minimum atomic E-state index is -0.681. The number of nitro benzene ring substituents is 1. The van der Waals surface area contributed by atoms with Gasteiger partial charge in [-0.05, 0) is 34.4 Å². The third-order valence-electron chi connectivity index (χ3n) is 5.50. The number of benzene rings is 3. The van der Waals surface area contributed by atoms with Crippen LogP contribution in [0.4, 0.5) is 10.5 Å². The van der Waals surface area contributed by atoms with E-state index in [2.05, 4.69) is 34.0 Å². The number of hydrogen-bond donors (Lipinski definition) is 1. The molecule has 34 heavy (non-hydrogen) atoms. The molecular weight excluding hydrogens is 436 g/mol. The van der Waals surface area contributed by atoms with Crippen LogP contribution in [0.2, 0.25) is 0 Å². The summed E-state index contributed by atoms with van der Waals surface area (Å²) in [6, 6.07) is 19.9. The van der Waals surface area contributed by atoms with Crippen LogP contribution in [0.15, 0.2) is 66.7 Å². The molecule has 0 bridgehead atoms. The largest absolute Gasteiger partial charge is 0.465 e. The highest BCUT2D eigenvalue weighted by molar-refractivity contribution is 5.90. The van der Waals surface area contributed by atoms with Gasteiger partial charge in [0.2, 0.25) is 0 Å². The molecule has 0 saturated heterocycles. The Morgan fingerprint density at radius 2 is 1.68 bits per heavy atom. The number of carbonyl (C=O) groups excluding carboxylic acids is 2. The van der Waals surface area contributed by atoms with E-state index in [0.717, 1.165) is 28.3 Å². The molecule has 1 aliphatic rings. The van der Waals surface area contributed by atoms with E-state index in [1.807, 2.05) is 36.4 Å². The monoisotopic (exact) mass is 456 g/mol. The summed E-state index contributed by atoms with van der Waals surface area (Å²) in [7, 11) is 1.19. The molecule has 1 aliphatic carbocycles. The zero-order valence-corrected chi connectivity index (χ0v) is 18.2. The van der Waals surface area contributed by atoms with Crippen LogP contribution in [-0.4, -0.2) is 37.2 Å². The SMILES string of the molecule is COC(=O)c1ccc(C#CCNC(=O)OCC2c3ccccc3-c3ccccc32)c([N+](=O)[O-])c1. The van der Waals surface area contributed by atoms with Gasteiger partial charge in [0.25, 0.3) is 5.69 Å². The number of nitrogens with zero attached hydrogens (tertiary/aromatic N) is 1. The molecule has 1 amide bonds. The molecule has 0 aromatic heterocycles. The number of rotatable bonds is 5. The highest BCUT2D eigenvalue weighted by Crippen LogP contribution is 2.44. The molecule has 0 radical (unpaired) electrons. The summed E-state index contributed by atoms with van der Waals surface area (Å²) < 4.78 is 10.0. The first-order valence-electron chi connectivity index (χ1n) is 10.4. The maximum absolute atomic E-state index is 12.2. The van der Waals surface area contributed by atoms with E-state index in [0.29, 0.717) is 0 Å². The fourth-order valence-corrected chi connectivity index (χ4v) is 3.94. The molecular formula is C26H20N2O6. The van der Waals surface area contributed by atoms with Crippen LogP contribution in [0.1, 0.15) is 33.0 Å². The summed E-state index contributed by atoms with van der Waals surface area (Å²) in [5, 5.41) is 13.8. The van der Waals surface area contributed by atoms with Gasteiger partial charge in [0.15, 0.2) is 0 Å². The summed E-state index contributed by atoms with van der Waals surface area (Å²) in [5.74, 6) is 4.57. The van der Waals surface area contributed by atoms with Gasteiger partial charge >= 0.3 is 12.1 Å². The summed E-state index contributed by atoms with van der Waals surface area (Å²) in [6.07, 6.45) is -0.633. The van der Waals surface area contributed by atoms with Gasteiger partial charge in [-0.25, -0.2) is 9.59 Å². The molecule has 4 rings (SSSR count). The summed E-state index contributed by atoms with van der Waals surface area (Å²) in [5.41, 5.74) is 4.34. The Hall–Kier alpha value is -4.64. The fraction of sp³-hybridized carbons (Fsp3) is 0.154. The smallest absolute Gasteiger partial charge is 0.407 e. The Bertz CT molecular complexity index is 1290. The van der Waals surface area contributed by atoms with Crippen molar-refractivity contribution in [2.75, 3.05) is 20.3 Å². The maximum atomic E-state index is 12.2. The van der Waals surface area contributed by atoms with E-state index in [1.54, 1.807) is 0 Å². The van der Waals surface area contributed by atoms with E-state index >= 15 is 0 Å². The predicted molar refractivity (Wildman–Crippen MR) is 124 cm³/mol. The number of carbonyl (C=O) groups is 2. The van der Waals surface area contributed by atoms with Crippen molar-refractivity contribution in [1.29, 1.82) is 0 Å². The van der Waals surface area contributed by atoms with Crippen molar-refractivity contribution < 1.29 is 24.0 Å². The van der Waals surface area contributed by atoms with E-state index < -0.39 is 17.0 Å². The van der Waals surface area contributed by atoms with Crippen molar-refractivity contribution in [3.8, 4) is 23.0 Å². The van der Waals surface area contributed by atoms with Crippen molar-refractivity contribution in [2.45, 2.75) is 5.92 Å². The number of methoxy groups -OCH3 is 1. The van der Waals surface area contributed by atoms with Crippen LogP contribution >= 0.6 is 0 Å². The average molecular weight is 456 g/mol. The Balaban J connectivity index is 1.37. The van der Waals surface area contributed by atoms with E-state index in [-0.39, 0.29) is 35.9 Å². The van der Waals surface area contributed by atoms with Crippen LogP contribution < -0.4 is 5.32 Å². The molecule has 0 atom stereocenters. The Morgan fingerprint density at radius 1 is 1.03 bits per heavy atom.